The lowest BCUT2D eigenvalue weighted by atomic mass is 10.0. The van der Waals surface area contributed by atoms with Crippen LogP contribution in [0.1, 0.15) is 60.1 Å². The molecule has 0 unspecified atom stereocenters. The Morgan fingerprint density at radius 3 is 1.60 bits per heavy atom. The molecule has 0 radical (unpaired) electrons. The molecule has 50 heavy (non-hydrogen) atoms. The number of ether oxygens (including phenoxy) is 2. The maximum atomic E-state index is 11.3. The molecule has 4 aromatic heterocycles. The van der Waals surface area contributed by atoms with Crippen molar-refractivity contribution >= 4 is 33.4 Å². The summed E-state index contributed by atoms with van der Waals surface area (Å²) in [6.45, 7) is 3.25. The first-order valence-electron chi connectivity index (χ1n) is 16.8. The number of H-pyrrole nitrogens is 4. The van der Waals surface area contributed by atoms with E-state index in [-0.39, 0.29) is 6.61 Å². The van der Waals surface area contributed by atoms with Crippen LogP contribution in [0.25, 0.3) is 23.3 Å². The molecule has 7 rings (SSSR count). The molecule has 0 aliphatic carbocycles. The molecule has 5 heterocycles. The highest BCUT2D eigenvalue weighted by Gasteiger charge is 2.14. The Bertz CT molecular complexity index is 2480. The van der Waals surface area contributed by atoms with Crippen LogP contribution in [0.15, 0.2) is 97.1 Å². The summed E-state index contributed by atoms with van der Waals surface area (Å²) >= 11 is 0. The molecule has 2 aromatic carbocycles. The number of aromatic nitrogens is 4. The molecule has 0 spiro atoms. The maximum absolute atomic E-state index is 11.3. The zero-order valence-electron chi connectivity index (χ0n) is 28.1. The van der Waals surface area contributed by atoms with E-state index in [1.54, 1.807) is 0 Å². The van der Waals surface area contributed by atoms with Gasteiger partial charge in [0.05, 0.1) is 26.1 Å². The Balaban J connectivity index is 1.30. The third-order valence-electron chi connectivity index (χ3n) is 8.40. The van der Waals surface area contributed by atoms with Crippen molar-refractivity contribution in [2.75, 3.05) is 26.1 Å². The van der Waals surface area contributed by atoms with E-state index in [0.29, 0.717) is 25.4 Å². The molecule has 256 valence electrons. The van der Waals surface area contributed by atoms with E-state index in [1.807, 2.05) is 30.3 Å². The monoisotopic (exact) mass is 688 g/mol. The molecule has 0 atom stereocenters. The van der Waals surface area contributed by atoms with Gasteiger partial charge in [0.25, 0.3) is 10.1 Å². The molecule has 9 nitrogen and oxygen atoms in total. The first kappa shape index (κ1) is 33.1. The van der Waals surface area contributed by atoms with Crippen LogP contribution < -0.4 is 30.9 Å². The third kappa shape index (κ3) is 7.88. The van der Waals surface area contributed by atoms with E-state index < -0.39 is 10.1 Å². The van der Waals surface area contributed by atoms with Crippen molar-refractivity contribution in [3.05, 3.63) is 152 Å². The quantitative estimate of drug-likeness (QED) is 0.112. The number of nitrogens with one attached hydrogen (secondary N) is 4. The lowest BCUT2D eigenvalue weighted by molar-refractivity contribution is 0.252. The highest BCUT2D eigenvalue weighted by Crippen LogP contribution is 2.26. The van der Waals surface area contributed by atoms with Gasteiger partial charge in [-0.3, -0.25) is 4.18 Å². The van der Waals surface area contributed by atoms with Gasteiger partial charge in [-0.2, -0.15) is 8.42 Å². The number of hydrogen-bond donors (Lipinski definition) is 4. The summed E-state index contributed by atoms with van der Waals surface area (Å²) in [6.07, 6.45) is 7.79. The van der Waals surface area contributed by atoms with Crippen molar-refractivity contribution in [2.45, 2.75) is 26.2 Å². The van der Waals surface area contributed by atoms with Crippen LogP contribution in [-0.4, -0.2) is 54.4 Å². The lowest BCUT2D eigenvalue weighted by Gasteiger charge is -2.10. The minimum atomic E-state index is -3.48. The third-order valence-corrected chi connectivity index (χ3v) is 9.00. The van der Waals surface area contributed by atoms with Gasteiger partial charge >= 0.3 is 0 Å². The summed E-state index contributed by atoms with van der Waals surface area (Å²) in [5.41, 5.74) is 7.90. The predicted molar refractivity (Wildman–Crippen MR) is 196 cm³/mol. The molecule has 10 heteroatoms. The van der Waals surface area contributed by atoms with Crippen molar-refractivity contribution in [1.82, 2.24) is 19.9 Å². The molecule has 0 saturated heterocycles. The molecule has 6 aromatic rings. The van der Waals surface area contributed by atoms with E-state index in [9.17, 15) is 8.42 Å². The number of rotatable bonds is 12. The summed E-state index contributed by atoms with van der Waals surface area (Å²) in [5, 5.41) is 3.84. The Labute approximate surface area is 290 Å². The minimum Gasteiger partial charge on any atom is -0.494 e. The Hall–Kier alpha value is -5.45. The summed E-state index contributed by atoms with van der Waals surface area (Å²) < 4.78 is 39.5. The van der Waals surface area contributed by atoms with Gasteiger partial charge in [-0.15, -0.1) is 0 Å². The fourth-order valence-corrected chi connectivity index (χ4v) is 6.51. The summed E-state index contributed by atoms with van der Waals surface area (Å²) in [4.78, 5) is 14.5. The van der Waals surface area contributed by atoms with Crippen molar-refractivity contribution in [3.63, 3.8) is 0 Å². The van der Waals surface area contributed by atoms with Gasteiger partial charge in [-0.05, 0) is 102 Å². The first-order chi connectivity index (χ1) is 24.3. The van der Waals surface area contributed by atoms with Gasteiger partial charge in [0, 0.05) is 61.7 Å². The Morgan fingerprint density at radius 1 is 0.580 bits per heavy atom. The van der Waals surface area contributed by atoms with Crippen LogP contribution in [0, 0.1) is 0 Å². The number of hydrogen-bond acceptors (Lipinski definition) is 5. The molecular formula is C40H40N4O5S. The summed E-state index contributed by atoms with van der Waals surface area (Å²) in [6, 6.07) is 32.9. The molecule has 0 fully saturated rings. The highest BCUT2D eigenvalue weighted by molar-refractivity contribution is 7.85. The second kappa shape index (κ2) is 14.6. The van der Waals surface area contributed by atoms with Crippen molar-refractivity contribution < 1.29 is 22.1 Å². The van der Waals surface area contributed by atoms with Crippen LogP contribution >= 0.6 is 0 Å². The lowest BCUT2D eigenvalue weighted by Crippen LogP contribution is -2.16. The first-order valence-corrected chi connectivity index (χ1v) is 18.6. The van der Waals surface area contributed by atoms with Gasteiger partial charge in [0.15, 0.2) is 0 Å². The fourth-order valence-electron chi connectivity index (χ4n) is 6.09. The molecular weight excluding hydrogens is 649 g/mol. The second-order valence-corrected chi connectivity index (χ2v) is 14.0. The van der Waals surface area contributed by atoms with Crippen LogP contribution in [0.5, 0.6) is 11.5 Å². The van der Waals surface area contributed by atoms with Crippen molar-refractivity contribution in [2.24, 2.45) is 0 Å². The Morgan fingerprint density at radius 2 is 1.10 bits per heavy atom. The minimum absolute atomic E-state index is 0.0740. The average molecular weight is 689 g/mol. The van der Waals surface area contributed by atoms with Gasteiger partial charge in [-0.1, -0.05) is 37.6 Å². The standard InChI is InChI=1S/C40H40N4O5S/c1-3-4-20-47-33-10-5-8-27(23-33)39-35-16-12-29(41-35)25-31-14-18-37(43-31)40(38-19-15-32(44-38)26-30-13-17-36(39)42-30)28-9-6-11-34(24-28)48-21-7-22-49-50(2,45)46/h5-6,8-19,23-26,41-44H,3-4,7,20-22H2,1-2H3. The van der Waals surface area contributed by atoms with E-state index >= 15 is 0 Å². The zero-order chi connectivity index (χ0) is 34.5. The molecule has 4 N–H and O–H groups in total. The van der Waals surface area contributed by atoms with Gasteiger partial charge in [0.2, 0.25) is 0 Å². The number of unbranched alkanes of at least 4 members (excludes halogenated alkanes) is 1. The Kier molecular flexibility index (Phi) is 9.64. The average Bonchev–Trinajstić information content (AvgIpc) is 3.92. The smallest absolute Gasteiger partial charge is 0.264 e. The van der Waals surface area contributed by atoms with Gasteiger partial charge in [-0.25, -0.2) is 0 Å². The van der Waals surface area contributed by atoms with Crippen molar-refractivity contribution in [1.29, 1.82) is 0 Å². The molecule has 0 amide bonds. The van der Waals surface area contributed by atoms with Crippen LogP contribution in [0.3, 0.4) is 0 Å². The maximum Gasteiger partial charge on any atom is 0.264 e. The predicted octanol–water partition coefficient (Wildman–Crippen LogP) is 4.39. The molecule has 8 bridgehead atoms. The number of benzene rings is 2. The highest BCUT2D eigenvalue weighted by atomic mass is 32.2. The fraction of sp³-hybridized carbons (Fsp3) is 0.200. The SMILES string of the molecule is CCCCOc1cccc(C2=c3ccc([nH]3)=Cc3ccc([nH]3)C(c3cccc(OCCCOS(C)(=O)=O)c3)=c3ccc([nH]3)=Cc3ccc2[nH]3)c1. The summed E-state index contributed by atoms with van der Waals surface area (Å²) in [5.74, 6) is 1.54. The molecule has 0 saturated carbocycles. The van der Waals surface area contributed by atoms with Crippen LogP contribution in [-0.2, 0) is 14.3 Å². The topological polar surface area (TPSA) is 125 Å². The largest absolute Gasteiger partial charge is 0.494 e. The van der Waals surface area contributed by atoms with Gasteiger partial charge < -0.3 is 29.4 Å². The van der Waals surface area contributed by atoms with Crippen LogP contribution in [0.2, 0.25) is 0 Å². The number of aromatic amines is 4. The van der Waals surface area contributed by atoms with E-state index in [0.717, 1.165) is 91.3 Å². The summed E-state index contributed by atoms with van der Waals surface area (Å²) in [7, 11) is -3.48. The van der Waals surface area contributed by atoms with E-state index in [1.165, 1.54) is 0 Å². The van der Waals surface area contributed by atoms with Gasteiger partial charge in [0.1, 0.15) is 11.5 Å². The van der Waals surface area contributed by atoms with E-state index in [2.05, 4.69) is 106 Å². The second-order valence-electron chi connectivity index (χ2n) is 12.3. The van der Waals surface area contributed by atoms with E-state index in [4.69, 9.17) is 13.7 Å². The number of fused-ring (bicyclic) bond motifs is 8. The van der Waals surface area contributed by atoms with Crippen molar-refractivity contribution in [3.8, 4) is 11.5 Å². The molecule has 1 aliphatic heterocycles. The molecule has 1 aliphatic rings. The zero-order valence-corrected chi connectivity index (χ0v) is 28.9. The van der Waals surface area contributed by atoms with Crippen LogP contribution in [0.4, 0.5) is 0 Å². The normalized spacial score (nSPS) is 12.8.